The van der Waals surface area contributed by atoms with Crippen LogP contribution in [0, 0.1) is 24.0 Å². The van der Waals surface area contributed by atoms with Crippen molar-refractivity contribution in [1.29, 1.82) is 0 Å². The number of carbonyl (C=O) groups is 2. The van der Waals surface area contributed by atoms with Crippen LogP contribution in [-0.2, 0) is 9.53 Å². The zero-order chi connectivity index (χ0) is 16.9. The molecule has 1 unspecified atom stereocenters. The normalized spacial score (nSPS) is 11.8. The molecule has 2 N–H and O–H groups in total. The number of hydrogen-bond acceptors (Lipinski definition) is 5. The van der Waals surface area contributed by atoms with E-state index in [1.165, 1.54) is 13.2 Å². The van der Waals surface area contributed by atoms with Crippen molar-refractivity contribution in [1.82, 2.24) is 5.32 Å². The van der Waals surface area contributed by atoms with Crippen LogP contribution in [0.5, 0.6) is 0 Å². The van der Waals surface area contributed by atoms with Gasteiger partial charge in [-0.25, -0.2) is 4.79 Å². The molecule has 0 aliphatic rings. The highest BCUT2D eigenvalue weighted by Gasteiger charge is 2.23. The molecule has 120 valence electrons. The molecule has 0 aliphatic heterocycles. The van der Waals surface area contributed by atoms with Crippen molar-refractivity contribution in [3.63, 3.8) is 0 Å². The summed E-state index contributed by atoms with van der Waals surface area (Å²) >= 11 is 0. The maximum absolute atomic E-state index is 12.2. The summed E-state index contributed by atoms with van der Waals surface area (Å²) in [6.07, 6.45) is 0.102. The zero-order valence-corrected chi connectivity index (χ0v) is 12.6. The van der Waals surface area contributed by atoms with Gasteiger partial charge in [0.15, 0.2) is 0 Å². The Hall–Kier alpha value is -2.48. The van der Waals surface area contributed by atoms with E-state index in [0.717, 1.165) is 6.07 Å². The van der Waals surface area contributed by atoms with Gasteiger partial charge in [0.25, 0.3) is 11.6 Å². The molecule has 8 heteroatoms. The molecule has 0 aliphatic carbocycles. The van der Waals surface area contributed by atoms with Gasteiger partial charge in [-0.15, -0.1) is 0 Å². The second kappa shape index (κ2) is 7.51. The van der Waals surface area contributed by atoms with Gasteiger partial charge in [0.1, 0.15) is 6.04 Å². The maximum atomic E-state index is 12.2. The molecule has 0 saturated heterocycles. The van der Waals surface area contributed by atoms with E-state index >= 15 is 0 Å². The first kappa shape index (κ1) is 17.6. The molecule has 0 radical (unpaired) electrons. The lowest BCUT2D eigenvalue weighted by molar-refractivity contribution is -0.385. The van der Waals surface area contributed by atoms with Crippen LogP contribution in [0.15, 0.2) is 12.1 Å². The quantitative estimate of drug-likeness (QED) is 0.581. The number of nitrogens with one attached hydrogen (secondary N) is 1. The van der Waals surface area contributed by atoms with E-state index in [1.54, 1.807) is 13.8 Å². The molecule has 22 heavy (non-hydrogen) atoms. The number of amides is 1. The van der Waals surface area contributed by atoms with Crippen molar-refractivity contribution in [3.05, 3.63) is 38.9 Å². The second-order valence-corrected chi connectivity index (χ2v) is 4.86. The number of carboxylic acids is 1. The zero-order valence-electron chi connectivity index (χ0n) is 12.6. The highest BCUT2D eigenvalue weighted by Crippen LogP contribution is 2.22. The Labute approximate surface area is 127 Å². The molecule has 1 atom stereocenters. The molecule has 0 fully saturated rings. The number of ether oxygens (including phenoxy) is 1. The third kappa shape index (κ3) is 4.26. The maximum Gasteiger partial charge on any atom is 0.326 e. The van der Waals surface area contributed by atoms with Gasteiger partial charge in [0, 0.05) is 37.3 Å². The Morgan fingerprint density at radius 1 is 1.36 bits per heavy atom. The summed E-state index contributed by atoms with van der Waals surface area (Å²) in [6.45, 7) is 3.38. The van der Waals surface area contributed by atoms with Gasteiger partial charge in [-0.3, -0.25) is 14.9 Å². The molecule has 8 nitrogen and oxygen atoms in total. The van der Waals surface area contributed by atoms with Gasteiger partial charge in [-0.05, 0) is 25.5 Å². The summed E-state index contributed by atoms with van der Waals surface area (Å²) in [6, 6.07) is 1.57. The number of nitrogens with zero attached hydrogens (tertiary/aromatic N) is 1. The average Bonchev–Trinajstić information content (AvgIpc) is 2.42. The Bertz CT molecular complexity index is 599. The minimum atomic E-state index is -1.19. The van der Waals surface area contributed by atoms with Crippen LogP contribution >= 0.6 is 0 Å². The minimum absolute atomic E-state index is 0.0842. The Balaban J connectivity index is 3.04. The van der Waals surface area contributed by atoms with Gasteiger partial charge in [-0.2, -0.15) is 0 Å². The van der Waals surface area contributed by atoms with E-state index in [4.69, 9.17) is 9.84 Å². The summed E-state index contributed by atoms with van der Waals surface area (Å²) in [4.78, 5) is 33.7. The summed E-state index contributed by atoms with van der Waals surface area (Å²) in [5.74, 6) is -1.85. The number of carboxylic acid groups (broad SMARTS) is 1. The molecule has 0 saturated carbocycles. The largest absolute Gasteiger partial charge is 0.480 e. The van der Waals surface area contributed by atoms with Crippen LogP contribution in [0.25, 0.3) is 0 Å². The number of aliphatic carboxylic acids is 1. The van der Waals surface area contributed by atoms with Crippen LogP contribution in [0.1, 0.15) is 27.9 Å². The summed E-state index contributed by atoms with van der Waals surface area (Å²) < 4.78 is 4.80. The van der Waals surface area contributed by atoms with Crippen LogP contribution in [0.2, 0.25) is 0 Å². The number of carbonyl (C=O) groups excluding carboxylic acids is 1. The Kier molecular flexibility index (Phi) is 6.00. The third-order valence-corrected chi connectivity index (χ3v) is 3.20. The van der Waals surface area contributed by atoms with Crippen LogP contribution in [0.3, 0.4) is 0 Å². The predicted molar refractivity (Wildman–Crippen MR) is 78.0 cm³/mol. The summed E-state index contributed by atoms with van der Waals surface area (Å²) in [7, 11) is 1.42. The number of nitro groups is 1. The monoisotopic (exact) mass is 310 g/mol. The third-order valence-electron chi connectivity index (χ3n) is 3.20. The lowest BCUT2D eigenvalue weighted by Crippen LogP contribution is -2.41. The Morgan fingerprint density at radius 2 is 2.00 bits per heavy atom. The summed E-state index contributed by atoms with van der Waals surface area (Å²) in [5.41, 5.74) is 0.880. The number of benzene rings is 1. The van der Waals surface area contributed by atoms with Gasteiger partial charge in [0.05, 0.1) is 4.92 Å². The number of methoxy groups -OCH3 is 1. The van der Waals surface area contributed by atoms with Crippen LogP contribution < -0.4 is 5.32 Å². The first-order chi connectivity index (χ1) is 10.3. The summed E-state index contributed by atoms with van der Waals surface area (Å²) in [5, 5.41) is 22.4. The van der Waals surface area contributed by atoms with E-state index in [0.29, 0.717) is 11.1 Å². The van der Waals surface area contributed by atoms with Crippen LogP contribution in [-0.4, -0.2) is 41.7 Å². The van der Waals surface area contributed by atoms with Crippen molar-refractivity contribution in [3.8, 4) is 0 Å². The number of nitro benzene ring substituents is 1. The highest BCUT2D eigenvalue weighted by molar-refractivity contribution is 5.98. The van der Waals surface area contributed by atoms with Crippen molar-refractivity contribution in [2.45, 2.75) is 26.3 Å². The molecule has 0 heterocycles. The Morgan fingerprint density at radius 3 is 2.50 bits per heavy atom. The number of aryl methyl sites for hydroxylation is 2. The second-order valence-electron chi connectivity index (χ2n) is 4.86. The van der Waals surface area contributed by atoms with E-state index in [1.807, 2.05) is 0 Å². The lowest BCUT2D eigenvalue weighted by Gasteiger charge is -2.15. The lowest BCUT2D eigenvalue weighted by atomic mass is 10.0. The predicted octanol–water partition coefficient (Wildman–Crippen LogP) is 1.43. The molecular weight excluding hydrogens is 292 g/mol. The fraction of sp³-hybridized carbons (Fsp3) is 0.429. The number of hydrogen-bond donors (Lipinski definition) is 2. The standard InChI is InChI=1S/C14H18N2O6/c1-8-6-9(2)12(16(20)21)7-10(8)13(17)15-11(14(18)19)4-5-22-3/h6-7,11H,4-5H2,1-3H3,(H,15,17)(H,18,19). The van der Waals surface area contributed by atoms with E-state index in [9.17, 15) is 19.7 Å². The first-order valence-electron chi connectivity index (χ1n) is 6.56. The fourth-order valence-electron chi connectivity index (χ4n) is 2.01. The van der Waals surface area contributed by atoms with E-state index in [2.05, 4.69) is 5.32 Å². The van der Waals surface area contributed by atoms with Crippen molar-refractivity contribution >= 4 is 17.6 Å². The molecule has 0 aromatic heterocycles. The van der Waals surface area contributed by atoms with E-state index in [-0.39, 0.29) is 24.3 Å². The average molecular weight is 310 g/mol. The fourth-order valence-corrected chi connectivity index (χ4v) is 2.01. The molecule has 1 amide bonds. The van der Waals surface area contributed by atoms with Crippen molar-refractivity contribution in [2.75, 3.05) is 13.7 Å². The van der Waals surface area contributed by atoms with E-state index < -0.39 is 22.8 Å². The van der Waals surface area contributed by atoms with Gasteiger partial charge < -0.3 is 15.2 Å². The molecule has 0 spiro atoms. The smallest absolute Gasteiger partial charge is 0.326 e. The van der Waals surface area contributed by atoms with Crippen LogP contribution in [0.4, 0.5) is 5.69 Å². The molecule has 1 aromatic carbocycles. The van der Waals surface area contributed by atoms with Gasteiger partial charge >= 0.3 is 5.97 Å². The molecule has 1 rings (SSSR count). The minimum Gasteiger partial charge on any atom is -0.480 e. The van der Waals surface area contributed by atoms with Crippen molar-refractivity contribution in [2.24, 2.45) is 0 Å². The first-order valence-corrected chi connectivity index (χ1v) is 6.56. The number of rotatable bonds is 7. The van der Waals surface area contributed by atoms with Gasteiger partial charge in [0.2, 0.25) is 0 Å². The van der Waals surface area contributed by atoms with Gasteiger partial charge in [-0.1, -0.05) is 0 Å². The molecule has 0 bridgehead atoms. The highest BCUT2D eigenvalue weighted by atomic mass is 16.6. The van der Waals surface area contributed by atoms with Crippen molar-refractivity contribution < 1.29 is 24.4 Å². The molecular formula is C14H18N2O6. The topological polar surface area (TPSA) is 119 Å². The molecule has 1 aromatic rings. The SMILES string of the molecule is COCCC(NC(=O)c1cc([N+](=O)[O-])c(C)cc1C)C(=O)O.